The molecule has 0 radical (unpaired) electrons. The summed E-state index contributed by atoms with van der Waals surface area (Å²) in [7, 11) is 0. The summed E-state index contributed by atoms with van der Waals surface area (Å²) in [6.07, 6.45) is 4.74. The lowest BCUT2D eigenvalue weighted by molar-refractivity contribution is 0.432. The molecule has 0 spiro atoms. The normalized spacial score (nSPS) is 12.6. The summed E-state index contributed by atoms with van der Waals surface area (Å²) < 4.78 is 1.90. The highest BCUT2D eigenvalue weighted by molar-refractivity contribution is 5.74. The molecule has 0 aliphatic heterocycles. The van der Waals surface area contributed by atoms with Gasteiger partial charge in [0.25, 0.3) is 0 Å². The number of rotatable bonds is 6. The van der Waals surface area contributed by atoms with Crippen molar-refractivity contribution in [2.45, 2.75) is 52.5 Å². The lowest BCUT2D eigenvalue weighted by atomic mass is 10.1. The Morgan fingerprint density at radius 3 is 2.80 bits per heavy atom. The summed E-state index contributed by atoms with van der Waals surface area (Å²) in [5, 5.41) is 12.2. The topological polar surface area (TPSA) is 69.6 Å². The highest BCUT2D eigenvalue weighted by Crippen LogP contribution is 2.29. The fraction of sp³-hybridized carbons (Fsp3) is 0.533. The third-order valence-electron chi connectivity index (χ3n) is 3.66. The van der Waals surface area contributed by atoms with Crippen LogP contribution in [-0.2, 0) is 0 Å². The van der Waals surface area contributed by atoms with Gasteiger partial charge in [-0.05, 0) is 42.3 Å². The van der Waals surface area contributed by atoms with Gasteiger partial charge in [-0.15, -0.1) is 5.10 Å². The predicted octanol–water partition coefficient (Wildman–Crippen LogP) is 3.37. The molecule has 0 saturated carbocycles. The molecule has 1 atom stereocenters. The summed E-state index contributed by atoms with van der Waals surface area (Å²) in [6, 6.07) is 6.16. The van der Waals surface area contributed by atoms with Crippen molar-refractivity contribution >= 4 is 5.69 Å². The molecule has 2 N–H and O–H groups in total. The van der Waals surface area contributed by atoms with Crippen molar-refractivity contribution in [3.8, 4) is 11.4 Å². The molecule has 0 bridgehead atoms. The number of unbranched alkanes of at least 4 members (excludes halogenated alkanes) is 2. The fourth-order valence-electron chi connectivity index (χ4n) is 2.46. The van der Waals surface area contributed by atoms with Crippen LogP contribution >= 0.6 is 0 Å². The third-order valence-corrected chi connectivity index (χ3v) is 3.66. The van der Waals surface area contributed by atoms with Gasteiger partial charge in [-0.2, -0.15) is 0 Å². The SMILES string of the molecule is CCCCCC(C)n1nnnc1-c1c(C)cccc1N. The summed E-state index contributed by atoms with van der Waals surface area (Å²) >= 11 is 0. The Labute approximate surface area is 120 Å². The molecule has 20 heavy (non-hydrogen) atoms. The van der Waals surface area contributed by atoms with E-state index in [4.69, 9.17) is 5.73 Å². The van der Waals surface area contributed by atoms with Gasteiger partial charge in [0.1, 0.15) is 0 Å². The van der Waals surface area contributed by atoms with Crippen molar-refractivity contribution in [2.75, 3.05) is 5.73 Å². The third kappa shape index (κ3) is 2.98. The second-order valence-corrected chi connectivity index (χ2v) is 5.33. The minimum Gasteiger partial charge on any atom is -0.398 e. The van der Waals surface area contributed by atoms with Crippen molar-refractivity contribution in [3.63, 3.8) is 0 Å². The van der Waals surface area contributed by atoms with Gasteiger partial charge in [0, 0.05) is 11.3 Å². The van der Waals surface area contributed by atoms with Crippen molar-refractivity contribution in [3.05, 3.63) is 23.8 Å². The van der Waals surface area contributed by atoms with Gasteiger partial charge in [-0.3, -0.25) is 0 Å². The standard InChI is InChI=1S/C15H23N5/c1-4-5-6-9-12(3)20-15(17-18-19-20)14-11(2)8-7-10-13(14)16/h7-8,10,12H,4-6,9,16H2,1-3H3. The van der Waals surface area contributed by atoms with Crippen LogP contribution in [0.2, 0.25) is 0 Å². The first-order valence-electron chi connectivity index (χ1n) is 7.28. The smallest absolute Gasteiger partial charge is 0.184 e. The molecule has 1 aromatic carbocycles. The maximum Gasteiger partial charge on any atom is 0.184 e. The number of benzene rings is 1. The highest BCUT2D eigenvalue weighted by Gasteiger charge is 2.17. The molecular formula is C15H23N5. The Balaban J connectivity index is 2.28. The predicted molar refractivity (Wildman–Crippen MR) is 81.3 cm³/mol. The number of anilines is 1. The Morgan fingerprint density at radius 2 is 2.10 bits per heavy atom. The number of tetrazole rings is 1. The van der Waals surface area contributed by atoms with Gasteiger partial charge < -0.3 is 5.73 Å². The number of nitrogens with zero attached hydrogens (tertiary/aromatic N) is 4. The van der Waals surface area contributed by atoms with E-state index in [9.17, 15) is 0 Å². The first-order valence-corrected chi connectivity index (χ1v) is 7.28. The van der Waals surface area contributed by atoms with Crippen molar-refractivity contribution in [2.24, 2.45) is 0 Å². The zero-order valence-electron chi connectivity index (χ0n) is 12.5. The second kappa shape index (κ2) is 6.50. The van der Waals surface area contributed by atoms with Gasteiger partial charge in [-0.1, -0.05) is 38.3 Å². The van der Waals surface area contributed by atoms with Gasteiger partial charge in [0.15, 0.2) is 5.82 Å². The maximum absolute atomic E-state index is 6.09. The molecular weight excluding hydrogens is 250 g/mol. The Hall–Kier alpha value is -1.91. The van der Waals surface area contributed by atoms with Crippen LogP contribution in [0.1, 0.15) is 51.1 Å². The average molecular weight is 273 g/mol. The first kappa shape index (κ1) is 14.5. The molecule has 0 aliphatic carbocycles. The summed E-state index contributed by atoms with van der Waals surface area (Å²) in [4.78, 5) is 0. The number of hydrogen-bond acceptors (Lipinski definition) is 4. The molecule has 5 nitrogen and oxygen atoms in total. The zero-order chi connectivity index (χ0) is 14.5. The largest absolute Gasteiger partial charge is 0.398 e. The van der Waals surface area contributed by atoms with Gasteiger partial charge in [0.05, 0.1) is 6.04 Å². The molecule has 0 amide bonds. The van der Waals surface area contributed by atoms with E-state index in [-0.39, 0.29) is 6.04 Å². The summed E-state index contributed by atoms with van der Waals surface area (Å²) in [5.41, 5.74) is 8.86. The quantitative estimate of drug-likeness (QED) is 0.647. The van der Waals surface area contributed by atoms with E-state index < -0.39 is 0 Å². The van der Waals surface area contributed by atoms with Crippen LogP contribution in [0.3, 0.4) is 0 Å². The van der Waals surface area contributed by atoms with E-state index in [0.29, 0.717) is 0 Å². The van der Waals surface area contributed by atoms with Crippen molar-refractivity contribution in [1.29, 1.82) is 0 Å². The average Bonchev–Trinajstić information content (AvgIpc) is 2.88. The van der Waals surface area contributed by atoms with Crippen LogP contribution in [0.15, 0.2) is 18.2 Å². The molecule has 0 fully saturated rings. The Morgan fingerprint density at radius 1 is 1.30 bits per heavy atom. The molecule has 2 rings (SSSR count). The summed E-state index contributed by atoms with van der Waals surface area (Å²) in [5.74, 6) is 0.768. The van der Waals surface area contributed by atoms with Gasteiger partial charge in [-0.25, -0.2) is 4.68 Å². The fourth-order valence-corrected chi connectivity index (χ4v) is 2.46. The van der Waals surface area contributed by atoms with E-state index in [1.165, 1.54) is 19.3 Å². The minimum atomic E-state index is 0.283. The van der Waals surface area contributed by atoms with Crippen LogP contribution in [0.4, 0.5) is 5.69 Å². The van der Waals surface area contributed by atoms with Crippen LogP contribution < -0.4 is 5.73 Å². The molecule has 0 saturated heterocycles. The molecule has 5 heteroatoms. The first-order chi connectivity index (χ1) is 9.65. The molecule has 0 aliphatic rings. The van der Waals surface area contributed by atoms with E-state index in [2.05, 4.69) is 29.4 Å². The number of aromatic nitrogens is 4. The van der Waals surface area contributed by atoms with Crippen LogP contribution in [0.5, 0.6) is 0 Å². The van der Waals surface area contributed by atoms with Crippen LogP contribution in [0, 0.1) is 6.92 Å². The molecule has 1 heterocycles. The van der Waals surface area contributed by atoms with E-state index >= 15 is 0 Å². The zero-order valence-corrected chi connectivity index (χ0v) is 12.5. The number of nitrogen functional groups attached to an aromatic ring is 1. The highest BCUT2D eigenvalue weighted by atomic mass is 15.5. The Bertz CT molecular complexity index is 541. The van der Waals surface area contributed by atoms with Gasteiger partial charge in [0.2, 0.25) is 0 Å². The molecule has 108 valence electrons. The van der Waals surface area contributed by atoms with Crippen LogP contribution in [0.25, 0.3) is 11.4 Å². The van der Waals surface area contributed by atoms with E-state index in [1.807, 2.05) is 29.8 Å². The summed E-state index contributed by atoms with van der Waals surface area (Å²) in [6.45, 7) is 6.40. The maximum atomic E-state index is 6.09. The molecule has 1 unspecified atom stereocenters. The van der Waals surface area contributed by atoms with Gasteiger partial charge >= 0.3 is 0 Å². The lowest BCUT2D eigenvalue weighted by Gasteiger charge is -2.15. The van der Waals surface area contributed by atoms with Crippen LogP contribution in [-0.4, -0.2) is 20.2 Å². The minimum absolute atomic E-state index is 0.283. The van der Waals surface area contributed by atoms with Crippen molar-refractivity contribution in [1.82, 2.24) is 20.2 Å². The second-order valence-electron chi connectivity index (χ2n) is 5.33. The molecule has 2 aromatic rings. The number of hydrogen-bond donors (Lipinski definition) is 1. The van der Waals surface area contributed by atoms with Crippen molar-refractivity contribution < 1.29 is 0 Å². The number of nitrogens with two attached hydrogens (primary N) is 1. The Kier molecular flexibility index (Phi) is 4.71. The molecule has 1 aromatic heterocycles. The number of aryl methyl sites for hydroxylation is 1. The van der Waals surface area contributed by atoms with E-state index in [1.54, 1.807) is 0 Å². The lowest BCUT2D eigenvalue weighted by Crippen LogP contribution is -2.10. The van der Waals surface area contributed by atoms with E-state index in [0.717, 1.165) is 29.1 Å². The monoisotopic (exact) mass is 273 g/mol.